The first-order valence-corrected chi connectivity index (χ1v) is 4.28. The molecular weight excluding hydrogens is 150 g/mol. The number of aromatic nitrogens is 2. The summed E-state index contributed by atoms with van der Waals surface area (Å²) >= 11 is 0. The van der Waals surface area contributed by atoms with Gasteiger partial charge in [-0.25, -0.2) is 0 Å². The summed E-state index contributed by atoms with van der Waals surface area (Å²) in [6.45, 7) is 6.28. The molecular formula is C9H15N3. The molecule has 0 fully saturated rings. The van der Waals surface area contributed by atoms with Crippen LogP contribution < -0.4 is 5.32 Å². The molecule has 1 atom stereocenters. The summed E-state index contributed by atoms with van der Waals surface area (Å²) in [5, 5.41) is 11.1. The molecule has 0 aliphatic carbocycles. The van der Waals surface area contributed by atoms with Crippen LogP contribution in [0.15, 0.2) is 12.3 Å². The van der Waals surface area contributed by atoms with Crippen LogP contribution in [0.25, 0.3) is 0 Å². The van der Waals surface area contributed by atoms with E-state index in [1.807, 2.05) is 13.0 Å². The Hall–Kier alpha value is -1.12. The van der Waals surface area contributed by atoms with E-state index in [2.05, 4.69) is 29.4 Å². The van der Waals surface area contributed by atoms with Crippen molar-refractivity contribution in [1.82, 2.24) is 10.2 Å². The molecule has 0 aliphatic rings. The monoisotopic (exact) mass is 165 g/mol. The molecule has 0 radical (unpaired) electrons. The lowest BCUT2D eigenvalue weighted by Crippen LogP contribution is -2.14. The first-order valence-electron chi connectivity index (χ1n) is 4.28. The van der Waals surface area contributed by atoms with Crippen molar-refractivity contribution in [2.45, 2.75) is 33.2 Å². The van der Waals surface area contributed by atoms with E-state index in [1.165, 1.54) is 0 Å². The van der Waals surface area contributed by atoms with Crippen LogP contribution in [-0.4, -0.2) is 16.2 Å². The van der Waals surface area contributed by atoms with Crippen LogP contribution >= 0.6 is 0 Å². The zero-order valence-electron chi connectivity index (χ0n) is 7.83. The second-order valence-corrected chi connectivity index (χ2v) is 3.07. The maximum Gasteiger partial charge on any atom is 0.149 e. The lowest BCUT2D eigenvalue weighted by molar-refractivity contribution is 0.754. The lowest BCUT2D eigenvalue weighted by atomic mass is 10.2. The lowest BCUT2D eigenvalue weighted by Gasteiger charge is -2.10. The van der Waals surface area contributed by atoms with Gasteiger partial charge in [-0.15, -0.1) is 5.10 Å². The molecule has 0 saturated heterocycles. The SMILES string of the molecule is CCC(C)Nc1cc(C)cnn1. The van der Waals surface area contributed by atoms with Crippen molar-refractivity contribution < 1.29 is 0 Å². The standard InChI is InChI=1S/C9H15N3/c1-4-8(3)11-9-5-7(2)6-10-12-9/h5-6,8H,4H2,1-3H3,(H,11,12). The number of hydrogen-bond acceptors (Lipinski definition) is 3. The van der Waals surface area contributed by atoms with Gasteiger partial charge in [0.1, 0.15) is 5.82 Å². The molecule has 1 heterocycles. The van der Waals surface area contributed by atoms with Gasteiger partial charge in [0.25, 0.3) is 0 Å². The van der Waals surface area contributed by atoms with E-state index in [9.17, 15) is 0 Å². The number of nitrogens with zero attached hydrogens (tertiary/aromatic N) is 2. The third kappa shape index (κ3) is 2.49. The number of anilines is 1. The van der Waals surface area contributed by atoms with E-state index in [0.717, 1.165) is 17.8 Å². The van der Waals surface area contributed by atoms with Crippen LogP contribution in [-0.2, 0) is 0 Å². The summed E-state index contributed by atoms with van der Waals surface area (Å²) in [5.74, 6) is 0.865. The van der Waals surface area contributed by atoms with E-state index < -0.39 is 0 Å². The van der Waals surface area contributed by atoms with Crippen molar-refractivity contribution in [2.75, 3.05) is 5.32 Å². The molecule has 0 aliphatic heterocycles. The minimum Gasteiger partial charge on any atom is -0.366 e. The van der Waals surface area contributed by atoms with Crippen LogP contribution in [0, 0.1) is 6.92 Å². The van der Waals surface area contributed by atoms with Gasteiger partial charge >= 0.3 is 0 Å². The molecule has 0 saturated carbocycles. The van der Waals surface area contributed by atoms with Gasteiger partial charge < -0.3 is 5.32 Å². The van der Waals surface area contributed by atoms with Gasteiger partial charge in [-0.3, -0.25) is 0 Å². The third-order valence-corrected chi connectivity index (χ3v) is 1.80. The van der Waals surface area contributed by atoms with E-state index in [4.69, 9.17) is 0 Å². The van der Waals surface area contributed by atoms with Gasteiger partial charge in [-0.2, -0.15) is 5.10 Å². The molecule has 1 aromatic rings. The van der Waals surface area contributed by atoms with Crippen molar-refractivity contribution in [1.29, 1.82) is 0 Å². The highest BCUT2D eigenvalue weighted by molar-refractivity contribution is 5.35. The Morgan fingerprint density at radius 2 is 2.33 bits per heavy atom. The van der Waals surface area contributed by atoms with E-state index in [1.54, 1.807) is 6.20 Å². The van der Waals surface area contributed by atoms with E-state index >= 15 is 0 Å². The fraction of sp³-hybridized carbons (Fsp3) is 0.556. The van der Waals surface area contributed by atoms with Crippen molar-refractivity contribution in [2.24, 2.45) is 0 Å². The smallest absolute Gasteiger partial charge is 0.149 e. The maximum absolute atomic E-state index is 3.97. The molecule has 12 heavy (non-hydrogen) atoms. The quantitative estimate of drug-likeness (QED) is 0.744. The highest BCUT2D eigenvalue weighted by atomic mass is 15.2. The minimum atomic E-state index is 0.459. The predicted octanol–water partition coefficient (Wildman–Crippen LogP) is 2.00. The molecule has 1 N–H and O–H groups in total. The molecule has 0 amide bonds. The number of aryl methyl sites for hydroxylation is 1. The van der Waals surface area contributed by atoms with Crippen molar-refractivity contribution in [3.05, 3.63) is 17.8 Å². The van der Waals surface area contributed by atoms with E-state index in [0.29, 0.717) is 6.04 Å². The fourth-order valence-electron chi connectivity index (χ4n) is 0.889. The summed E-state index contributed by atoms with van der Waals surface area (Å²) in [6.07, 6.45) is 2.84. The Bertz CT molecular complexity index is 247. The Labute approximate surface area is 73.2 Å². The largest absolute Gasteiger partial charge is 0.366 e. The van der Waals surface area contributed by atoms with Gasteiger partial charge in [0.15, 0.2) is 0 Å². The topological polar surface area (TPSA) is 37.8 Å². The molecule has 0 spiro atoms. The highest BCUT2D eigenvalue weighted by Gasteiger charge is 1.99. The van der Waals surface area contributed by atoms with Gasteiger partial charge in [0.2, 0.25) is 0 Å². The average Bonchev–Trinajstić information content (AvgIpc) is 2.04. The molecule has 1 unspecified atom stereocenters. The summed E-state index contributed by atoms with van der Waals surface area (Å²) in [7, 11) is 0. The Morgan fingerprint density at radius 1 is 1.58 bits per heavy atom. The fourth-order valence-corrected chi connectivity index (χ4v) is 0.889. The van der Waals surface area contributed by atoms with Crippen LogP contribution in [0.3, 0.4) is 0 Å². The molecule has 1 aromatic heterocycles. The first-order chi connectivity index (χ1) is 5.72. The van der Waals surface area contributed by atoms with Crippen LogP contribution in [0.5, 0.6) is 0 Å². The minimum absolute atomic E-state index is 0.459. The average molecular weight is 165 g/mol. The van der Waals surface area contributed by atoms with Gasteiger partial charge in [-0.1, -0.05) is 6.92 Å². The number of rotatable bonds is 3. The molecule has 3 heteroatoms. The Balaban J connectivity index is 2.63. The third-order valence-electron chi connectivity index (χ3n) is 1.80. The molecule has 0 aromatic carbocycles. The Kier molecular flexibility index (Phi) is 3.02. The second kappa shape index (κ2) is 4.04. The van der Waals surface area contributed by atoms with Gasteiger partial charge in [-0.05, 0) is 31.9 Å². The Morgan fingerprint density at radius 3 is 2.92 bits per heavy atom. The van der Waals surface area contributed by atoms with Crippen molar-refractivity contribution in [3.63, 3.8) is 0 Å². The zero-order chi connectivity index (χ0) is 8.97. The molecule has 0 bridgehead atoms. The summed E-state index contributed by atoms with van der Waals surface area (Å²) in [6, 6.07) is 2.46. The summed E-state index contributed by atoms with van der Waals surface area (Å²) < 4.78 is 0. The van der Waals surface area contributed by atoms with Crippen LogP contribution in [0.1, 0.15) is 25.8 Å². The maximum atomic E-state index is 3.97. The summed E-state index contributed by atoms with van der Waals surface area (Å²) in [4.78, 5) is 0. The van der Waals surface area contributed by atoms with Crippen LogP contribution in [0.2, 0.25) is 0 Å². The molecule has 66 valence electrons. The van der Waals surface area contributed by atoms with Crippen molar-refractivity contribution in [3.8, 4) is 0 Å². The molecule has 1 rings (SSSR count). The number of hydrogen-bond donors (Lipinski definition) is 1. The van der Waals surface area contributed by atoms with Gasteiger partial charge in [0, 0.05) is 6.04 Å². The van der Waals surface area contributed by atoms with E-state index in [-0.39, 0.29) is 0 Å². The zero-order valence-corrected chi connectivity index (χ0v) is 7.83. The predicted molar refractivity (Wildman–Crippen MR) is 50.1 cm³/mol. The summed E-state index contributed by atoms with van der Waals surface area (Å²) in [5.41, 5.74) is 1.14. The van der Waals surface area contributed by atoms with Crippen LogP contribution in [0.4, 0.5) is 5.82 Å². The highest BCUT2D eigenvalue weighted by Crippen LogP contribution is 2.05. The van der Waals surface area contributed by atoms with Crippen molar-refractivity contribution >= 4 is 5.82 Å². The second-order valence-electron chi connectivity index (χ2n) is 3.07. The first kappa shape index (κ1) is 8.97. The number of nitrogens with one attached hydrogen (secondary N) is 1. The molecule has 3 nitrogen and oxygen atoms in total. The normalized spacial score (nSPS) is 12.6. The van der Waals surface area contributed by atoms with Gasteiger partial charge in [0.05, 0.1) is 6.20 Å².